The van der Waals surface area contributed by atoms with Gasteiger partial charge in [0.05, 0.1) is 17.6 Å². The summed E-state index contributed by atoms with van der Waals surface area (Å²) < 4.78 is 32.5. The highest BCUT2D eigenvalue weighted by Gasteiger charge is 2.19. The molecule has 0 saturated heterocycles. The van der Waals surface area contributed by atoms with E-state index in [2.05, 4.69) is 15.0 Å². The molecule has 7 nitrogen and oxygen atoms in total. The minimum absolute atomic E-state index is 0.00993. The molecule has 2 aromatic rings. The van der Waals surface area contributed by atoms with E-state index in [9.17, 15) is 13.2 Å². The molecule has 2 heterocycles. The molecule has 1 amide bonds. The second-order valence-electron chi connectivity index (χ2n) is 5.41. The summed E-state index contributed by atoms with van der Waals surface area (Å²) in [4.78, 5) is 15.7. The Labute approximate surface area is 134 Å². The van der Waals surface area contributed by atoms with Crippen molar-refractivity contribution < 1.29 is 17.6 Å². The molecule has 1 aliphatic rings. The maximum Gasteiger partial charge on any atom is 0.241 e. The molecular formula is C15H17N3O4S. The van der Waals surface area contributed by atoms with Crippen LogP contribution >= 0.6 is 0 Å². The SMILES string of the molecule is Cc1cnc(CNS(=O)(=O)c2ccc3c(c2)CCCC(=O)N3)o1. The van der Waals surface area contributed by atoms with Crippen LogP contribution in [0.25, 0.3) is 0 Å². The monoisotopic (exact) mass is 335 g/mol. The Morgan fingerprint density at radius 1 is 1.35 bits per heavy atom. The first-order valence-electron chi connectivity index (χ1n) is 7.28. The summed E-state index contributed by atoms with van der Waals surface area (Å²) in [5.74, 6) is 0.893. The zero-order chi connectivity index (χ0) is 16.4. The second-order valence-corrected chi connectivity index (χ2v) is 7.18. The van der Waals surface area contributed by atoms with Gasteiger partial charge in [0.25, 0.3) is 0 Å². The number of aryl methyl sites for hydroxylation is 2. The van der Waals surface area contributed by atoms with Crippen LogP contribution in [0.4, 0.5) is 5.69 Å². The van der Waals surface area contributed by atoms with Gasteiger partial charge in [-0.3, -0.25) is 4.79 Å². The molecule has 0 fully saturated rings. The first kappa shape index (κ1) is 15.7. The van der Waals surface area contributed by atoms with Crippen LogP contribution in [0.1, 0.15) is 30.1 Å². The number of benzene rings is 1. The first-order valence-corrected chi connectivity index (χ1v) is 8.76. The summed E-state index contributed by atoms with van der Waals surface area (Å²) in [6, 6.07) is 4.71. The van der Waals surface area contributed by atoms with Crippen LogP contribution < -0.4 is 10.0 Å². The standard InChI is InChI=1S/C15H17N3O4S/c1-10-8-16-15(22-10)9-17-23(20,21)12-5-6-13-11(7-12)3-2-4-14(19)18-13/h5-8,17H,2-4,9H2,1H3,(H,18,19). The smallest absolute Gasteiger partial charge is 0.241 e. The van der Waals surface area contributed by atoms with Gasteiger partial charge in [-0.2, -0.15) is 0 Å². The van der Waals surface area contributed by atoms with Crippen molar-refractivity contribution in [3.8, 4) is 0 Å². The van der Waals surface area contributed by atoms with Gasteiger partial charge in [0.15, 0.2) is 0 Å². The van der Waals surface area contributed by atoms with E-state index in [-0.39, 0.29) is 17.3 Å². The number of nitrogens with one attached hydrogen (secondary N) is 2. The molecule has 23 heavy (non-hydrogen) atoms. The minimum atomic E-state index is -3.67. The predicted octanol–water partition coefficient (Wildman–Crippen LogP) is 1.74. The fourth-order valence-electron chi connectivity index (χ4n) is 2.44. The van der Waals surface area contributed by atoms with Crippen molar-refractivity contribution in [1.29, 1.82) is 0 Å². The van der Waals surface area contributed by atoms with Crippen molar-refractivity contribution in [2.45, 2.75) is 37.6 Å². The highest BCUT2D eigenvalue weighted by atomic mass is 32.2. The number of carbonyl (C=O) groups excluding carboxylic acids is 1. The van der Waals surface area contributed by atoms with Crippen molar-refractivity contribution in [2.24, 2.45) is 0 Å². The van der Waals surface area contributed by atoms with Crippen LogP contribution in [-0.2, 0) is 27.8 Å². The van der Waals surface area contributed by atoms with Crippen molar-refractivity contribution in [1.82, 2.24) is 9.71 Å². The average Bonchev–Trinajstić information content (AvgIpc) is 2.82. The summed E-state index contributed by atoms with van der Waals surface area (Å²) in [6.45, 7) is 1.73. The predicted molar refractivity (Wildman–Crippen MR) is 83.3 cm³/mol. The lowest BCUT2D eigenvalue weighted by Crippen LogP contribution is -2.23. The Bertz CT molecular complexity index is 842. The van der Waals surface area contributed by atoms with E-state index in [0.717, 1.165) is 5.56 Å². The molecule has 3 rings (SSSR count). The lowest BCUT2D eigenvalue weighted by Gasteiger charge is -2.10. The number of anilines is 1. The molecule has 0 bridgehead atoms. The number of hydrogen-bond donors (Lipinski definition) is 2. The van der Waals surface area contributed by atoms with E-state index in [1.54, 1.807) is 19.1 Å². The van der Waals surface area contributed by atoms with Gasteiger partial charge in [0.1, 0.15) is 5.76 Å². The lowest BCUT2D eigenvalue weighted by molar-refractivity contribution is -0.116. The number of oxazole rings is 1. The molecular weight excluding hydrogens is 318 g/mol. The molecule has 0 saturated carbocycles. The van der Waals surface area contributed by atoms with Crippen LogP contribution in [-0.4, -0.2) is 19.3 Å². The van der Waals surface area contributed by atoms with Crippen molar-refractivity contribution in [3.63, 3.8) is 0 Å². The number of carbonyl (C=O) groups is 1. The van der Waals surface area contributed by atoms with Gasteiger partial charge in [0.2, 0.25) is 21.8 Å². The number of hydrogen-bond acceptors (Lipinski definition) is 5. The van der Waals surface area contributed by atoms with Crippen molar-refractivity contribution in [2.75, 3.05) is 5.32 Å². The number of aromatic nitrogens is 1. The maximum absolute atomic E-state index is 12.4. The molecule has 0 atom stereocenters. The maximum atomic E-state index is 12.4. The largest absolute Gasteiger partial charge is 0.445 e. The number of nitrogens with zero attached hydrogens (tertiary/aromatic N) is 1. The fourth-order valence-corrected chi connectivity index (χ4v) is 3.47. The zero-order valence-corrected chi connectivity index (χ0v) is 13.4. The number of amides is 1. The first-order chi connectivity index (χ1) is 10.9. The number of rotatable bonds is 4. The lowest BCUT2D eigenvalue weighted by atomic mass is 10.1. The normalized spacial score (nSPS) is 14.9. The minimum Gasteiger partial charge on any atom is -0.445 e. The van der Waals surface area contributed by atoms with Crippen LogP contribution in [0, 0.1) is 6.92 Å². The van der Waals surface area contributed by atoms with Crippen LogP contribution in [0.15, 0.2) is 33.7 Å². The van der Waals surface area contributed by atoms with Crippen molar-refractivity contribution >= 4 is 21.6 Å². The van der Waals surface area contributed by atoms with Crippen LogP contribution in [0.3, 0.4) is 0 Å². The zero-order valence-electron chi connectivity index (χ0n) is 12.6. The van der Waals surface area contributed by atoms with Gasteiger partial charge in [0, 0.05) is 12.1 Å². The molecule has 0 radical (unpaired) electrons. The van der Waals surface area contributed by atoms with E-state index in [1.807, 2.05) is 0 Å². The van der Waals surface area contributed by atoms with E-state index in [1.165, 1.54) is 12.3 Å². The number of sulfonamides is 1. The summed E-state index contributed by atoms with van der Waals surface area (Å²) in [6.07, 6.45) is 3.34. The van der Waals surface area contributed by atoms with E-state index >= 15 is 0 Å². The third-order valence-electron chi connectivity index (χ3n) is 3.59. The van der Waals surface area contributed by atoms with Gasteiger partial charge < -0.3 is 9.73 Å². The molecule has 2 N–H and O–H groups in total. The van der Waals surface area contributed by atoms with Crippen LogP contribution in [0.5, 0.6) is 0 Å². The molecule has 0 aliphatic carbocycles. The fraction of sp³-hybridized carbons (Fsp3) is 0.333. The van der Waals surface area contributed by atoms with Gasteiger partial charge in [-0.25, -0.2) is 18.1 Å². The molecule has 0 spiro atoms. The highest BCUT2D eigenvalue weighted by Crippen LogP contribution is 2.25. The van der Waals surface area contributed by atoms with E-state index < -0.39 is 10.0 Å². The Morgan fingerprint density at radius 3 is 2.91 bits per heavy atom. The van der Waals surface area contributed by atoms with Gasteiger partial charge in [-0.15, -0.1) is 0 Å². The molecule has 1 aliphatic heterocycles. The number of fused-ring (bicyclic) bond motifs is 1. The summed E-state index contributed by atoms with van der Waals surface area (Å²) in [5.41, 5.74) is 1.50. The Hall–Kier alpha value is -2.19. The average molecular weight is 335 g/mol. The van der Waals surface area contributed by atoms with Gasteiger partial charge in [-0.1, -0.05) is 0 Å². The van der Waals surface area contributed by atoms with E-state index in [4.69, 9.17) is 4.42 Å². The second kappa shape index (κ2) is 6.13. The van der Waals surface area contributed by atoms with Gasteiger partial charge in [-0.05, 0) is 43.5 Å². The van der Waals surface area contributed by atoms with Gasteiger partial charge >= 0.3 is 0 Å². The van der Waals surface area contributed by atoms with Crippen molar-refractivity contribution in [3.05, 3.63) is 41.6 Å². The molecule has 1 aromatic carbocycles. The highest BCUT2D eigenvalue weighted by molar-refractivity contribution is 7.89. The molecule has 1 aromatic heterocycles. The molecule has 8 heteroatoms. The molecule has 122 valence electrons. The Morgan fingerprint density at radius 2 is 2.17 bits per heavy atom. The summed E-state index contributed by atoms with van der Waals surface area (Å²) in [7, 11) is -3.67. The third-order valence-corrected chi connectivity index (χ3v) is 4.99. The Kier molecular flexibility index (Phi) is 4.18. The third kappa shape index (κ3) is 3.59. The quantitative estimate of drug-likeness (QED) is 0.886. The van der Waals surface area contributed by atoms with Crippen LogP contribution in [0.2, 0.25) is 0 Å². The topological polar surface area (TPSA) is 101 Å². The Balaban J connectivity index is 1.80. The summed E-state index contributed by atoms with van der Waals surface area (Å²) >= 11 is 0. The summed E-state index contributed by atoms with van der Waals surface area (Å²) in [5, 5.41) is 2.78. The van der Waals surface area contributed by atoms with E-state index in [0.29, 0.717) is 36.6 Å². The molecule has 0 unspecified atom stereocenters.